The number of nitrogens with one attached hydrogen (secondary N) is 2. The zero-order chi connectivity index (χ0) is 22.6. The molecule has 31 heavy (non-hydrogen) atoms. The van der Waals surface area contributed by atoms with Crippen molar-refractivity contribution in [1.29, 1.82) is 0 Å². The molecule has 3 aromatic rings. The molecule has 10 nitrogen and oxygen atoms in total. The van der Waals surface area contributed by atoms with E-state index >= 15 is 0 Å². The second-order valence-corrected chi connectivity index (χ2v) is 8.65. The molecular formula is C20H27N5O5S. The van der Waals surface area contributed by atoms with Gasteiger partial charge in [0.05, 0.1) is 29.4 Å². The molecule has 2 aromatic heterocycles. The molecule has 3 rings (SSSR count). The lowest BCUT2D eigenvalue weighted by atomic mass is 10.2. The van der Waals surface area contributed by atoms with Gasteiger partial charge in [-0.05, 0) is 38.5 Å². The number of ether oxygens (including phenoxy) is 2. The number of fused-ring (bicyclic) bond motifs is 1. The van der Waals surface area contributed by atoms with Crippen LogP contribution in [0.5, 0.6) is 5.75 Å². The monoisotopic (exact) mass is 449 g/mol. The Kier molecular flexibility index (Phi) is 7.08. The van der Waals surface area contributed by atoms with Crippen LogP contribution in [0.3, 0.4) is 0 Å². The van der Waals surface area contributed by atoms with Gasteiger partial charge in [0, 0.05) is 13.7 Å². The number of aromatic amines is 1. The van der Waals surface area contributed by atoms with Gasteiger partial charge in [0.1, 0.15) is 17.4 Å². The topological polar surface area (TPSA) is 128 Å². The quantitative estimate of drug-likeness (QED) is 0.451. The van der Waals surface area contributed by atoms with E-state index in [1.165, 1.54) is 23.6 Å². The van der Waals surface area contributed by atoms with Crippen molar-refractivity contribution in [1.82, 2.24) is 24.1 Å². The van der Waals surface area contributed by atoms with Gasteiger partial charge >= 0.3 is 5.69 Å². The maximum Gasteiger partial charge on any atom is 0.334 e. The highest BCUT2D eigenvalue weighted by molar-refractivity contribution is 7.89. The minimum absolute atomic E-state index is 0.0306. The van der Waals surface area contributed by atoms with Crippen molar-refractivity contribution in [3.63, 3.8) is 0 Å². The van der Waals surface area contributed by atoms with Crippen LogP contribution in [0, 0.1) is 6.92 Å². The van der Waals surface area contributed by atoms with E-state index in [0.29, 0.717) is 35.8 Å². The smallest absolute Gasteiger partial charge is 0.334 e. The van der Waals surface area contributed by atoms with Gasteiger partial charge in [0.25, 0.3) is 0 Å². The standard InChI is InChI=1S/C20H27N5O5S/c1-5-7-16-19-23-18(24-20(26)25(19)13(3)22-16)15-12-14(8-9-17(15)30-6-2)31(27,28)21-10-11-29-4/h8-9,12,21H,5-7,10-11H2,1-4H3,(H,23,24,26). The highest BCUT2D eigenvalue weighted by Gasteiger charge is 2.20. The van der Waals surface area contributed by atoms with Gasteiger partial charge in [-0.1, -0.05) is 13.3 Å². The van der Waals surface area contributed by atoms with Crippen LogP contribution in [0.1, 0.15) is 31.8 Å². The lowest BCUT2D eigenvalue weighted by Crippen LogP contribution is -2.27. The van der Waals surface area contributed by atoms with E-state index in [9.17, 15) is 13.2 Å². The van der Waals surface area contributed by atoms with E-state index in [1.54, 1.807) is 13.0 Å². The summed E-state index contributed by atoms with van der Waals surface area (Å²) in [5.74, 6) is 1.17. The van der Waals surface area contributed by atoms with Crippen LogP contribution < -0.4 is 15.1 Å². The largest absolute Gasteiger partial charge is 0.493 e. The van der Waals surface area contributed by atoms with Crippen LogP contribution in [0.4, 0.5) is 0 Å². The molecule has 0 aliphatic rings. The zero-order valence-electron chi connectivity index (χ0n) is 18.1. The van der Waals surface area contributed by atoms with Gasteiger partial charge in [0.2, 0.25) is 10.0 Å². The predicted molar refractivity (Wildman–Crippen MR) is 116 cm³/mol. The highest BCUT2D eigenvalue weighted by Crippen LogP contribution is 2.30. The first-order valence-electron chi connectivity index (χ1n) is 10.1. The number of aromatic nitrogens is 4. The van der Waals surface area contributed by atoms with Crippen LogP contribution in [-0.2, 0) is 21.2 Å². The van der Waals surface area contributed by atoms with Crippen LogP contribution in [0.15, 0.2) is 27.9 Å². The number of hydrogen-bond donors (Lipinski definition) is 2. The first-order valence-corrected chi connectivity index (χ1v) is 11.5. The van der Waals surface area contributed by atoms with E-state index in [0.717, 1.165) is 12.1 Å². The van der Waals surface area contributed by atoms with Crippen molar-refractivity contribution in [3.05, 3.63) is 40.2 Å². The van der Waals surface area contributed by atoms with E-state index in [4.69, 9.17) is 9.47 Å². The zero-order valence-corrected chi connectivity index (χ0v) is 18.9. The number of methoxy groups -OCH3 is 1. The Bertz CT molecular complexity index is 1230. The third kappa shape index (κ3) is 4.78. The Morgan fingerprint density at radius 2 is 2.00 bits per heavy atom. The summed E-state index contributed by atoms with van der Waals surface area (Å²) >= 11 is 0. The molecule has 11 heteroatoms. The van der Waals surface area contributed by atoms with E-state index in [2.05, 4.69) is 19.7 Å². The number of H-pyrrole nitrogens is 1. The lowest BCUT2D eigenvalue weighted by Gasteiger charge is -2.13. The summed E-state index contributed by atoms with van der Waals surface area (Å²) in [6.07, 6.45) is 1.52. The molecule has 0 atom stereocenters. The Morgan fingerprint density at radius 3 is 2.68 bits per heavy atom. The van der Waals surface area contributed by atoms with Crippen LogP contribution >= 0.6 is 0 Å². The van der Waals surface area contributed by atoms with Crippen LogP contribution in [0.2, 0.25) is 0 Å². The van der Waals surface area contributed by atoms with Crippen molar-refractivity contribution < 1.29 is 17.9 Å². The Balaban J connectivity index is 2.17. The first-order chi connectivity index (χ1) is 14.8. The summed E-state index contributed by atoms with van der Waals surface area (Å²) in [6.45, 7) is 6.33. The van der Waals surface area contributed by atoms with Gasteiger partial charge in [-0.15, -0.1) is 0 Å². The van der Waals surface area contributed by atoms with Gasteiger partial charge in [-0.3, -0.25) is 4.98 Å². The van der Waals surface area contributed by atoms with E-state index in [1.807, 2.05) is 13.8 Å². The molecule has 0 fully saturated rings. The number of aryl methyl sites for hydroxylation is 2. The Hall–Kier alpha value is -2.76. The minimum atomic E-state index is -3.78. The highest BCUT2D eigenvalue weighted by atomic mass is 32.2. The SMILES string of the molecule is CCCc1nc(C)n2c(=O)[nH]c(-c3cc(S(=O)(=O)NCCOC)ccc3OCC)nc12. The molecule has 2 N–H and O–H groups in total. The van der Waals surface area contributed by atoms with E-state index in [-0.39, 0.29) is 23.9 Å². The minimum Gasteiger partial charge on any atom is -0.493 e. The van der Waals surface area contributed by atoms with Crippen LogP contribution in [-0.4, -0.2) is 54.6 Å². The molecule has 0 saturated carbocycles. The molecule has 168 valence electrons. The second kappa shape index (κ2) is 9.58. The molecule has 0 spiro atoms. The normalized spacial score (nSPS) is 11.9. The fourth-order valence-electron chi connectivity index (χ4n) is 3.26. The summed E-state index contributed by atoms with van der Waals surface area (Å²) in [6, 6.07) is 4.45. The predicted octanol–water partition coefficient (Wildman–Crippen LogP) is 1.67. The summed E-state index contributed by atoms with van der Waals surface area (Å²) in [7, 11) is -2.29. The van der Waals surface area contributed by atoms with Crippen molar-refractivity contribution in [2.24, 2.45) is 0 Å². The summed E-state index contributed by atoms with van der Waals surface area (Å²) in [5.41, 5.74) is 1.14. The fourth-order valence-corrected chi connectivity index (χ4v) is 4.30. The third-order valence-corrected chi connectivity index (χ3v) is 6.10. The average Bonchev–Trinajstić information content (AvgIpc) is 3.04. The number of rotatable bonds is 10. The number of hydrogen-bond acceptors (Lipinski definition) is 7. The van der Waals surface area contributed by atoms with Crippen molar-refractivity contribution >= 4 is 15.7 Å². The molecule has 0 amide bonds. The summed E-state index contributed by atoms with van der Waals surface area (Å²) < 4.78 is 39.8. The molecule has 0 saturated heterocycles. The third-order valence-electron chi connectivity index (χ3n) is 4.64. The van der Waals surface area contributed by atoms with Crippen LogP contribution in [0.25, 0.3) is 17.0 Å². The Morgan fingerprint density at radius 1 is 1.23 bits per heavy atom. The first kappa shape index (κ1) is 22.9. The number of nitrogens with zero attached hydrogens (tertiary/aromatic N) is 3. The maximum atomic E-state index is 12.8. The van der Waals surface area contributed by atoms with Gasteiger partial charge < -0.3 is 9.47 Å². The number of benzene rings is 1. The summed E-state index contributed by atoms with van der Waals surface area (Å²) in [5, 5.41) is 0. The van der Waals surface area contributed by atoms with Gasteiger partial charge in [-0.2, -0.15) is 0 Å². The average molecular weight is 450 g/mol. The molecule has 0 unspecified atom stereocenters. The fraction of sp³-hybridized carbons (Fsp3) is 0.450. The Labute approximate surface area is 180 Å². The van der Waals surface area contributed by atoms with Crippen molar-refractivity contribution in [2.75, 3.05) is 26.9 Å². The van der Waals surface area contributed by atoms with E-state index < -0.39 is 15.7 Å². The number of imidazole rings is 1. The van der Waals surface area contributed by atoms with Crippen molar-refractivity contribution in [2.45, 2.75) is 38.5 Å². The lowest BCUT2D eigenvalue weighted by molar-refractivity contribution is 0.204. The molecule has 0 bridgehead atoms. The number of sulfonamides is 1. The maximum absolute atomic E-state index is 12.8. The molecule has 0 aliphatic heterocycles. The van der Waals surface area contributed by atoms with Gasteiger partial charge in [-0.25, -0.2) is 32.3 Å². The molecular weight excluding hydrogens is 422 g/mol. The van der Waals surface area contributed by atoms with Gasteiger partial charge in [0.15, 0.2) is 5.65 Å². The second-order valence-electron chi connectivity index (χ2n) is 6.89. The molecule has 2 heterocycles. The summed E-state index contributed by atoms with van der Waals surface area (Å²) in [4.78, 5) is 24.6. The van der Waals surface area contributed by atoms with Crippen molar-refractivity contribution in [3.8, 4) is 17.1 Å². The molecule has 0 radical (unpaired) electrons. The molecule has 1 aromatic carbocycles. The molecule has 0 aliphatic carbocycles.